The van der Waals surface area contributed by atoms with Crippen molar-refractivity contribution in [1.29, 1.82) is 0 Å². The lowest BCUT2D eigenvalue weighted by Crippen LogP contribution is -2.31. The lowest BCUT2D eigenvalue weighted by atomic mass is 10.1. The van der Waals surface area contributed by atoms with Gasteiger partial charge in [0.2, 0.25) is 0 Å². The van der Waals surface area contributed by atoms with E-state index in [1.807, 2.05) is 5.43 Å². The quantitative estimate of drug-likeness (QED) is 0.343. The molecule has 0 saturated carbocycles. The number of carbonyl (C=O) groups is 2. The number of hydrogen-bond donors (Lipinski definition) is 4. The van der Waals surface area contributed by atoms with Crippen molar-refractivity contribution in [3.8, 4) is 0 Å². The van der Waals surface area contributed by atoms with Crippen molar-refractivity contribution >= 4 is 29.1 Å². The third-order valence-corrected chi connectivity index (χ3v) is 3.84. The number of alkyl halides is 3. The minimum Gasteiger partial charge on any atom is -0.326 e. The van der Waals surface area contributed by atoms with E-state index in [0.717, 1.165) is 4.68 Å². The average Bonchev–Trinajstić information content (AvgIpc) is 3.06. The molecular formula is C15H16ClF3N6O2. The number of amides is 2. The summed E-state index contributed by atoms with van der Waals surface area (Å²) in [5, 5.41) is 5.96. The second kappa shape index (κ2) is 7.94. The molecule has 1 aromatic carbocycles. The van der Waals surface area contributed by atoms with Gasteiger partial charge in [-0.25, -0.2) is 5.84 Å². The van der Waals surface area contributed by atoms with Crippen LogP contribution in [0.1, 0.15) is 39.0 Å². The number of carbonyl (C=O) groups excluding carboxylic acids is 2. The first-order valence-electron chi connectivity index (χ1n) is 7.62. The number of nitrogens with one attached hydrogen (secondary N) is 2. The van der Waals surface area contributed by atoms with E-state index in [4.69, 9.17) is 23.2 Å². The van der Waals surface area contributed by atoms with E-state index in [2.05, 4.69) is 10.4 Å². The molecule has 1 heterocycles. The molecule has 6 N–H and O–H groups in total. The molecule has 1 aromatic heterocycles. The van der Waals surface area contributed by atoms with Crippen LogP contribution in [0.5, 0.6) is 0 Å². The molecule has 0 radical (unpaired) electrons. The van der Waals surface area contributed by atoms with Crippen molar-refractivity contribution in [3.05, 3.63) is 45.7 Å². The standard InChI is InChI=1S/C15H16ClF3N6O2/c1-2-25-10(5-11(24-25)15(17,18)19)14(27)22-12-7(6-20)3-8(16)4-9(12)13(26)23-21/h3-5H,2,6,20-21H2,1H3,(H,22,27)(H,23,26). The zero-order valence-electron chi connectivity index (χ0n) is 14.0. The Hall–Kier alpha value is -2.63. The highest BCUT2D eigenvalue weighted by atomic mass is 35.5. The van der Waals surface area contributed by atoms with Crippen molar-refractivity contribution < 1.29 is 22.8 Å². The summed E-state index contributed by atoms with van der Waals surface area (Å²) < 4.78 is 39.5. The Morgan fingerprint density at radius 3 is 2.44 bits per heavy atom. The van der Waals surface area contributed by atoms with Crippen LogP contribution in [0.3, 0.4) is 0 Å². The molecule has 0 atom stereocenters. The molecule has 0 saturated heterocycles. The van der Waals surface area contributed by atoms with Crippen molar-refractivity contribution in [2.75, 3.05) is 5.32 Å². The van der Waals surface area contributed by atoms with Crippen LogP contribution in [0.15, 0.2) is 18.2 Å². The van der Waals surface area contributed by atoms with Gasteiger partial charge >= 0.3 is 6.18 Å². The van der Waals surface area contributed by atoms with Crippen LogP contribution in [0.4, 0.5) is 18.9 Å². The highest BCUT2D eigenvalue weighted by molar-refractivity contribution is 6.31. The number of nitrogens with zero attached hydrogens (tertiary/aromatic N) is 2. The van der Waals surface area contributed by atoms with Crippen LogP contribution in [0.25, 0.3) is 0 Å². The van der Waals surface area contributed by atoms with Gasteiger partial charge in [-0.05, 0) is 24.6 Å². The molecule has 2 rings (SSSR count). The summed E-state index contributed by atoms with van der Waals surface area (Å²) >= 11 is 5.93. The second-order valence-electron chi connectivity index (χ2n) is 5.35. The van der Waals surface area contributed by atoms with Gasteiger partial charge in [0.05, 0.1) is 11.3 Å². The Bertz CT molecular complexity index is 881. The lowest BCUT2D eigenvalue weighted by Gasteiger charge is -2.15. The molecule has 0 aliphatic carbocycles. The first-order chi connectivity index (χ1) is 12.6. The molecule has 0 aliphatic rings. The molecule has 27 heavy (non-hydrogen) atoms. The number of hydrazine groups is 1. The zero-order valence-corrected chi connectivity index (χ0v) is 14.8. The molecule has 2 aromatic rings. The van der Waals surface area contributed by atoms with Gasteiger partial charge in [0.1, 0.15) is 5.69 Å². The van der Waals surface area contributed by atoms with E-state index in [1.54, 1.807) is 0 Å². The molecule has 0 aliphatic heterocycles. The van der Waals surface area contributed by atoms with Crippen molar-refractivity contribution in [2.45, 2.75) is 26.2 Å². The van der Waals surface area contributed by atoms with Crippen LogP contribution >= 0.6 is 11.6 Å². The van der Waals surface area contributed by atoms with Crippen molar-refractivity contribution in [3.63, 3.8) is 0 Å². The third kappa shape index (κ3) is 4.38. The van der Waals surface area contributed by atoms with Gasteiger partial charge in [-0.15, -0.1) is 0 Å². The van der Waals surface area contributed by atoms with Crippen molar-refractivity contribution in [1.82, 2.24) is 15.2 Å². The monoisotopic (exact) mass is 404 g/mol. The molecule has 2 amide bonds. The Kier molecular flexibility index (Phi) is 6.08. The van der Waals surface area contributed by atoms with E-state index in [-0.39, 0.29) is 35.1 Å². The summed E-state index contributed by atoms with van der Waals surface area (Å²) in [4.78, 5) is 24.6. The zero-order chi connectivity index (χ0) is 20.4. The number of aromatic nitrogens is 2. The Balaban J connectivity index is 2.50. The third-order valence-electron chi connectivity index (χ3n) is 3.62. The van der Waals surface area contributed by atoms with Crippen LogP contribution in [0.2, 0.25) is 5.02 Å². The predicted molar refractivity (Wildman–Crippen MR) is 91.9 cm³/mol. The fourth-order valence-corrected chi connectivity index (χ4v) is 2.63. The van der Waals surface area contributed by atoms with E-state index in [9.17, 15) is 22.8 Å². The van der Waals surface area contributed by atoms with Crippen LogP contribution in [-0.2, 0) is 19.3 Å². The summed E-state index contributed by atoms with van der Waals surface area (Å²) in [6.45, 7) is 1.46. The normalized spacial score (nSPS) is 11.4. The largest absolute Gasteiger partial charge is 0.435 e. The molecule has 12 heteroatoms. The van der Waals surface area contributed by atoms with Crippen molar-refractivity contribution in [2.24, 2.45) is 11.6 Å². The number of rotatable bonds is 5. The highest BCUT2D eigenvalue weighted by Crippen LogP contribution is 2.30. The van der Waals surface area contributed by atoms with E-state index in [0.29, 0.717) is 11.6 Å². The minimum atomic E-state index is -4.71. The Morgan fingerprint density at radius 1 is 1.26 bits per heavy atom. The molecule has 0 fully saturated rings. The fraction of sp³-hybridized carbons (Fsp3) is 0.267. The molecular weight excluding hydrogens is 389 g/mol. The number of hydrogen-bond acceptors (Lipinski definition) is 5. The Morgan fingerprint density at radius 2 is 1.93 bits per heavy atom. The number of benzene rings is 1. The molecule has 8 nitrogen and oxygen atoms in total. The van der Waals surface area contributed by atoms with Crippen LogP contribution in [-0.4, -0.2) is 21.6 Å². The van der Waals surface area contributed by atoms with Gasteiger partial charge < -0.3 is 11.1 Å². The van der Waals surface area contributed by atoms with Gasteiger partial charge in [0.15, 0.2) is 5.69 Å². The number of nitrogen functional groups attached to an aromatic ring is 1. The summed E-state index contributed by atoms with van der Waals surface area (Å²) in [6, 6.07) is 3.29. The van der Waals surface area contributed by atoms with E-state index >= 15 is 0 Å². The van der Waals surface area contributed by atoms with Gasteiger partial charge in [-0.2, -0.15) is 18.3 Å². The smallest absolute Gasteiger partial charge is 0.326 e. The topological polar surface area (TPSA) is 128 Å². The Labute approximate surface area is 156 Å². The molecule has 0 spiro atoms. The highest BCUT2D eigenvalue weighted by Gasteiger charge is 2.36. The summed E-state index contributed by atoms with van der Waals surface area (Å²) in [5.74, 6) is 3.47. The second-order valence-corrected chi connectivity index (χ2v) is 5.78. The maximum absolute atomic E-state index is 12.9. The lowest BCUT2D eigenvalue weighted by molar-refractivity contribution is -0.141. The number of aryl methyl sites for hydroxylation is 1. The number of nitrogens with two attached hydrogens (primary N) is 2. The van der Waals surface area contributed by atoms with Crippen LogP contribution in [0, 0.1) is 0 Å². The molecule has 0 unspecified atom stereocenters. The van der Waals surface area contributed by atoms with E-state index in [1.165, 1.54) is 19.1 Å². The SMILES string of the molecule is CCn1nc(C(F)(F)F)cc1C(=O)Nc1c(CN)cc(Cl)cc1C(=O)NN. The molecule has 146 valence electrons. The maximum atomic E-state index is 12.9. The summed E-state index contributed by atoms with van der Waals surface area (Å²) in [7, 11) is 0. The number of halogens is 4. The molecule has 0 bridgehead atoms. The van der Waals surface area contributed by atoms with Crippen LogP contribution < -0.4 is 22.3 Å². The van der Waals surface area contributed by atoms with Gasteiger partial charge in [-0.1, -0.05) is 11.6 Å². The van der Waals surface area contributed by atoms with Gasteiger partial charge in [0, 0.05) is 24.2 Å². The maximum Gasteiger partial charge on any atom is 0.435 e. The first-order valence-corrected chi connectivity index (χ1v) is 8.00. The van der Waals surface area contributed by atoms with E-state index < -0.39 is 23.7 Å². The summed E-state index contributed by atoms with van der Waals surface area (Å²) in [5.41, 5.74) is 6.20. The predicted octanol–water partition coefficient (Wildman–Crippen LogP) is 1.89. The van der Waals surface area contributed by atoms with Gasteiger partial charge in [-0.3, -0.25) is 19.7 Å². The number of anilines is 1. The minimum absolute atomic E-state index is 0.00717. The first kappa shape index (κ1) is 20.7. The van der Waals surface area contributed by atoms with Gasteiger partial charge in [0.25, 0.3) is 11.8 Å². The fourth-order valence-electron chi connectivity index (χ4n) is 2.39. The average molecular weight is 405 g/mol. The summed E-state index contributed by atoms with van der Waals surface area (Å²) in [6.07, 6.45) is -4.71.